The number of phenols is 1. The van der Waals surface area contributed by atoms with Gasteiger partial charge in [0.2, 0.25) is 0 Å². The van der Waals surface area contributed by atoms with Crippen LogP contribution in [0.25, 0.3) is 0 Å². The van der Waals surface area contributed by atoms with E-state index in [0.29, 0.717) is 24.9 Å². The van der Waals surface area contributed by atoms with Crippen molar-refractivity contribution >= 4 is 16.4 Å². The van der Waals surface area contributed by atoms with Crippen molar-refractivity contribution in [2.45, 2.75) is 32.5 Å². The van der Waals surface area contributed by atoms with Crippen LogP contribution in [0.15, 0.2) is 54.6 Å². The molecule has 6 nitrogen and oxygen atoms in total. The Bertz CT molecular complexity index is 774. The average Bonchev–Trinajstić information content (AvgIpc) is 2.64. The lowest BCUT2D eigenvalue weighted by Gasteiger charge is -2.12. The molecule has 2 rings (SSSR count). The fourth-order valence-electron chi connectivity index (χ4n) is 2.08. The summed E-state index contributed by atoms with van der Waals surface area (Å²) in [7, 11) is -3.32. The predicted molar refractivity (Wildman–Crippen MR) is 104 cm³/mol. The van der Waals surface area contributed by atoms with Gasteiger partial charge in [-0.1, -0.05) is 42.5 Å². The number of aromatic hydroxyl groups is 1. The van der Waals surface area contributed by atoms with Crippen molar-refractivity contribution in [1.82, 2.24) is 0 Å². The number of carbonyl (C=O) groups excluding carboxylic acids is 1. The summed E-state index contributed by atoms with van der Waals surface area (Å²) in [5.41, 5.74) is 1.63. The predicted octanol–water partition coefficient (Wildman–Crippen LogP) is 3.55. The summed E-state index contributed by atoms with van der Waals surface area (Å²) >= 11 is 0. The van der Waals surface area contributed by atoms with Gasteiger partial charge >= 0.3 is 0 Å². The molecule has 1 atom stereocenters. The van der Waals surface area contributed by atoms with E-state index in [9.17, 15) is 13.2 Å². The molecule has 148 valence electrons. The standard InChI is InChI=1S/C13H20O4S.C7H6O2/c1-12(7-6-10-17-18(2,14)15)16-11-13-8-4-3-5-9-13;8-5-6-2-1-3-7(9)4-6/h3-5,8-9,12H,6-7,10-11H2,1-2H3;1-5,9H. The Labute approximate surface area is 160 Å². The first kappa shape index (κ1) is 22.8. The summed E-state index contributed by atoms with van der Waals surface area (Å²) in [6.07, 6.45) is 3.29. The Morgan fingerprint density at radius 1 is 1.11 bits per heavy atom. The molecule has 2 aromatic carbocycles. The van der Waals surface area contributed by atoms with Crippen LogP contribution in [-0.2, 0) is 25.6 Å². The molecule has 0 bridgehead atoms. The van der Waals surface area contributed by atoms with Gasteiger partial charge in [0.25, 0.3) is 10.1 Å². The zero-order valence-electron chi connectivity index (χ0n) is 15.6. The summed E-state index contributed by atoms with van der Waals surface area (Å²) in [6, 6.07) is 16.1. The lowest BCUT2D eigenvalue weighted by molar-refractivity contribution is 0.0440. The third-order valence-electron chi connectivity index (χ3n) is 3.44. The van der Waals surface area contributed by atoms with Gasteiger partial charge in [-0.05, 0) is 37.5 Å². The minimum absolute atomic E-state index is 0.0911. The molecule has 0 aliphatic heterocycles. The number of aldehydes is 1. The second kappa shape index (κ2) is 12.2. The van der Waals surface area contributed by atoms with Crippen LogP contribution < -0.4 is 0 Å². The van der Waals surface area contributed by atoms with Gasteiger partial charge in [-0.15, -0.1) is 0 Å². The maximum absolute atomic E-state index is 10.7. The zero-order valence-corrected chi connectivity index (χ0v) is 16.4. The van der Waals surface area contributed by atoms with Crippen LogP contribution in [0.2, 0.25) is 0 Å². The number of benzene rings is 2. The number of hydrogen-bond donors (Lipinski definition) is 1. The number of ether oxygens (including phenoxy) is 1. The zero-order chi connectivity index (χ0) is 20.1. The first-order chi connectivity index (χ1) is 12.8. The van der Waals surface area contributed by atoms with Crippen molar-refractivity contribution in [3.63, 3.8) is 0 Å². The molecule has 2 aromatic rings. The first-order valence-corrected chi connectivity index (χ1v) is 10.4. The lowest BCUT2D eigenvalue weighted by atomic mass is 10.2. The Morgan fingerprint density at radius 3 is 2.37 bits per heavy atom. The second-order valence-electron chi connectivity index (χ2n) is 5.99. The fraction of sp³-hybridized carbons (Fsp3) is 0.350. The van der Waals surface area contributed by atoms with Gasteiger partial charge in [0.05, 0.1) is 25.6 Å². The molecule has 27 heavy (non-hydrogen) atoms. The highest BCUT2D eigenvalue weighted by Crippen LogP contribution is 2.08. The van der Waals surface area contributed by atoms with Gasteiger partial charge in [-0.3, -0.25) is 8.98 Å². The van der Waals surface area contributed by atoms with Crippen LogP contribution in [0.4, 0.5) is 0 Å². The lowest BCUT2D eigenvalue weighted by Crippen LogP contribution is -2.11. The van der Waals surface area contributed by atoms with Crippen molar-refractivity contribution in [3.8, 4) is 5.75 Å². The van der Waals surface area contributed by atoms with Gasteiger partial charge in [-0.2, -0.15) is 8.42 Å². The molecule has 0 spiro atoms. The number of rotatable bonds is 9. The summed E-state index contributed by atoms with van der Waals surface area (Å²) in [6.45, 7) is 2.77. The van der Waals surface area contributed by atoms with E-state index in [-0.39, 0.29) is 18.5 Å². The van der Waals surface area contributed by atoms with Crippen molar-refractivity contribution in [1.29, 1.82) is 0 Å². The smallest absolute Gasteiger partial charge is 0.264 e. The summed E-state index contributed by atoms with van der Waals surface area (Å²) in [4.78, 5) is 10.0. The minimum atomic E-state index is -3.32. The van der Waals surface area contributed by atoms with E-state index < -0.39 is 10.1 Å². The highest BCUT2D eigenvalue weighted by atomic mass is 32.2. The number of phenolic OH excluding ortho intramolecular Hbond substituents is 1. The molecular weight excluding hydrogens is 368 g/mol. The molecule has 0 saturated heterocycles. The van der Waals surface area contributed by atoms with Crippen molar-refractivity contribution in [2.24, 2.45) is 0 Å². The highest BCUT2D eigenvalue weighted by Gasteiger charge is 2.05. The quantitative estimate of drug-likeness (QED) is 0.397. The van der Waals surface area contributed by atoms with E-state index in [0.717, 1.165) is 18.2 Å². The van der Waals surface area contributed by atoms with Crippen LogP contribution in [0.3, 0.4) is 0 Å². The Hall–Kier alpha value is -2.22. The summed E-state index contributed by atoms with van der Waals surface area (Å²) in [5, 5.41) is 8.79. The first-order valence-electron chi connectivity index (χ1n) is 8.54. The largest absolute Gasteiger partial charge is 0.508 e. The molecule has 1 unspecified atom stereocenters. The van der Waals surface area contributed by atoms with Gasteiger partial charge in [0.1, 0.15) is 12.0 Å². The topological polar surface area (TPSA) is 89.9 Å². The third-order valence-corrected chi connectivity index (χ3v) is 4.03. The number of carbonyl (C=O) groups is 1. The molecule has 0 aliphatic rings. The summed E-state index contributed by atoms with van der Waals surface area (Å²) in [5.74, 6) is 0.125. The van der Waals surface area contributed by atoms with E-state index in [1.54, 1.807) is 12.1 Å². The molecule has 0 heterocycles. The maximum Gasteiger partial charge on any atom is 0.264 e. The van der Waals surface area contributed by atoms with Crippen molar-refractivity contribution in [3.05, 3.63) is 65.7 Å². The highest BCUT2D eigenvalue weighted by molar-refractivity contribution is 7.85. The molecule has 7 heteroatoms. The van der Waals surface area contributed by atoms with E-state index in [1.807, 2.05) is 37.3 Å². The van der Waals surface area contributed by atoms with Crippen LogP contribution >= 0.6 is 0 Å². The molecule has 0 radical (unpaired) electrons. The SMILES string of the molecule is CC(CCCOS(C)(=O)=O)OCc1ccccc1.O=Cc1cccc(O)c1. The molecule has 0 amide bonds. The molecule has 0 saturated carbocycles. The van der Waals surface area contributed by atoms with Crippen LogP contribution in [0.1, 0.15) is 35.7 Å². The molecule has 1 N–H and O–H groups in total. The fourth-order valence-corrected chi connectivity index (χ4v) is 2.50. The van der Waals surface area contributed by atoms with Crippen LogP contribution in [-0.4, -0.2) is 38.8 Å². The number of hydrogen-bond acceptors (Lipinski definition) is 6. The summed E-state index contributed by atoms with van der Waals surface area (Å²) < 4.78 is 31.8. The van der Waals surface area contributed by atoms with E-state index in [2.05, 4.69) is 4.18 Å². The van der Waals surface area contributed by atoms with E-state index in [4.69, 9.17) is 9.84 Å². The van der Waals surface area contributed by atoms with E-state index >= 15 is 0 Å². The van der Waals surface area contributed by atoms with Crippen molar-refractivity contribution < 1.29 is 27.2 Å². The van der Waals surface area contributed by atoms with Gasteiger partial charge in [0, 0.05) is 5.56 Å². The van der Waals surface area contributed by atoms with Crippen LogP contribution in [0.5, 0.6) is 5.75 Å². The molecule has 0 aromatic heterocycles. The van der Waals surface area contributed by atoms with Crippen molar-refractivity contribution in [2.75, 3.05) is 12.9 Å². The Kier molecular flexibility index (Phi) is 10.3. The van der Waals surface area contributed by atoms with Crippen LogP contribution in [0, 0.1) is 0 Å². The van der Waals surface area contributed by atoms with Gasteiger partial charge in [-0.25, -0.2) is 0 Å². The van der Waals surface area contributed by atoms with Gasteiger partial charge < -0.3 is 9.84 Å². The minimum Gasteiger partial charge on any atom is -0.508 e. The van der Waals surface area contributed by atoms with Gasteiger partial charge in [0.15, 0.2) is 0 Å². The Balaban J connectivity index is 0.000000337. The van der Waals surface area contributed by atoms with E-state index in [1.165, 1.54) is 12.1 Å². The normalized spacial score (nSPS) is 11.9. The average molecular weight is 394 g/mol. The Morgan fingerprint density at radius 2 is 1.81 bits per heavy atom. The maximum atomic E-state index is 10.7. The molecular formula is C20H26O6S. The monoisotopic (exact) mass is 394 g/mol. The molecule has 0 fully saturated rings. The second-order valence-corrected chi connectivity index (χ2v) is 7.63. The third kappa shape index (κ3) is 11.9. The molecule has 0 aliphatic carbocycles.